The number of halogens is 1. The largest absolute Gasteiger partial charge is 0.338 e. The van der Waals surface area contributed by atoms with E-state index < -0.39 is 0 Å². The number of benzene rings is 3. The smallest absolute Gasteiger partial charge is 0.315 e. The van der Waals surface area contributed by atoms with Gasteiger partial charge in [-0.25, -0.2) is 9.18 Å². The third-order valence-electron chi connectivity index (χ3n) is 5.21. The molecule has 5 nitrogen and oxygen atoms in total. The number of rotatable bonds is 5. The van der Waals surface area contributed by atoms with Crippen molar-refractivity contribution in [2.45, 2.75) is 13.0 Å². The molecule has 4 rings (SSSR count). The summed E-state index contributed by atoms with van der Waals surface area (Å²) in [6.45, 7) is 1.34. The van der Waals surface area contributed by atoms with E-state index in [1.807, 2.05) is 42.5 Å². The summed E-state index contributed by atoms with van der Waals surface area (Å²) in [5.74, 6) is -0.322. The molecule has 1 aliphatic rings. The highest BCUT2D eigenvalue weighted by atomic mass is 19.1. The first-order valence-corrected chi connectivity index (χ1v) is 9.64. The summed E-state index contributed by atoms with van der Waals surface area (Å²) in [5.41, 5.74) is 1.73. The molecule has 3 amide bonds. The zero-order valence-electron chi connectivity index (χ0n) is 15.9. The number of urea groups is 1. The van der Waals surface area contributed by atoms with E-state index in [0.29, 0.717) is 31.7 Å². The van der Waals surface area contributed by atoms with Crippen LogP contribution in [0.5, 0.6) is 0 Å². The van der Waals surface area contributed by atoms with Gasteiger partial charge in [0.15, 0.2) is 0 Å². The van der Waals surface area contributed by atoms with Gasteiger partial charge in [0, 0.05) is 37.7 Å². The molecule has 2 N–H and O–H groups in total. The Morgan fingerprint density at radius 2 is 1.76 bits per heavy atom. The van der Waals surface area contributed by atoms with E-state index in [0.717, 1.165) is 16.3 Å². The Labute approximate surface area is 168 Å². The number of hydrogen-bond acceptors (Lipinski definition) is 2. The molecular weight excluding hydrogens is 369 g/mol. The van der Waals surface area contributed by atoms with Crippen LogP contribution in [0.15, 0.2) is 66.7 Å². The monoisotopic (exact) mass is 391 g/mol. The summed E-state index contributed by atoms with van der Waals surface area (Å²) >= 11 is 0. The molecule has 1 aliphatic heterocycles. The highest BCUT2D eigenvalue weighted by molar-refractivity contribution is 5.95. The van der Waals surface area contributed by atoms with E-state index in [9.17, 15) is 14.0 Å². The van der Waals surface area contributed by atoms with Crippen LogP contribution in [0.3, 0.4) is 0 Å². The fourth-order valence-electron chi connectivity index (χ4n) is 3.71. The molecule has 6 heteroatoms. The minimum Gasteiger partial charge on any atom is -0.338 e. The summed E-state index contributed by atoms with van der Waals surface area (Å²) < 4.78 is 13.1. The van der Waals surface area contributed by atoms with Crippen molar-refractivity contribution >= 4 is 28.4 Å². The number of fused-ring (bicyclic) bond motifs is 1. The van der Waals surface area contributed by atoms with Gasteiger partial charge in [-0.1, -0.05) is 42.5 Å². The topological polar surface area (TPSA) is 61.4 Å². The van der Waals surface area contributed by atoms with Crippen molar-refractivity contribution in [3.05, 3.63) is 78.1 Å². The molecule has 0 bridgehead atoms. The normalized spacial score (nSPS) is 16.2. The van der Waals surface area contributed by atoms with Crippen LogP contribution in [-0.4, -0.2) is 25.0 Å². The number of hydrogen-bond donors (Lipinski definition) is 2. The van der Waals surface area contributed by atoms with E-state index in [1.54, 1.807) is 17.0 Å². The number of amides is 3. The second kappa shape index (κ2) is 8.31. The van der Waals surface area contributed by atoms with Crippen LogP contribution in [0.25, 0.3) is 10.8 Å². The summed E-state index contributed by atoms with van der Waals surface area (Å²) in [4.78, 5) is 26.1. The minimum atomic E-state index is -0.332. The van der Waals surface area contributed by atoms with Crippen molar-refractivity contribution in [2.24, 2.45) is 5.92 Å². The van der Waals surface area contributed by atoms with Crippen LogP contribution in [0.2, 0.25) is 0 Å². The third-order valence-corrected chi connectivity index (χ3v) is 5.21. The van der Waals surface area contributed by atoms with Gasteiger partial charge in [0.2, 0.25) is 5.91 Å². The molecule has 1 unspecified atom stereocenters. The van der Waals surface area contributed by atoms with Crippen molar-refractivity contribution in [1.82, 2.24) is 10.6 Å². The van der Waals surface area contributed by atoms with Gasteiger partial charge in [-0.3, -0.25) is 4.79 Å². The number of anilines is 1. The van der Waals surface area contributed by atoms with Crippen LogP contribution in [0.1, 0.15) is 12.0 Å². The maximum atomic E-state index is 13.1. The van der Waals surface area contributed by atoms with Crippen LogP contribution < -0.4 is 15.5 Å². The van der Waals surface area contributed by atoms with Gasteiger partial charge in [-0.2, -0.15) is 0 Å². The standard InChI is InChI=1S/C23H22FN3O2/c24-19-8-10-20(11-9-19)27-15-16(12-22(27)28)13-25-23(29)26-14-18-6-3-5-17-4-1-2-7-21(17)18/h1-11,16H,12-15H2,(H2,25,26,29). The molecular formula is C23H22FN3O2. The highest BCUT2D eigenvalue weighted by Gasteiger charge is 2.30. The van der Waals surface area contributed by atoms with Gasteiger partial charge in [0.1, 0.15) is 5.82 Å². The Bertz CT molecular complexity index is 1030. The first kappa shape index (κ1) is 18.9. The van der Waals surface area contributed by atoms with Crippen LogP contribution in [0, 0.1) is 11.7 Å². The van der Waals surface area contributed by atoms with Gasteiger partial charge >= 0.3 is 6.03 Å². The second-order valence-corrected chi connectivity index (χ2v) is 7.25. The van der Waals surface area contributed by atoms with Gasteiger partial charge < -0.3 is 15.5 Å². The molecule has 0 radical (unpaired) electrons. The molecule has 0 aromatic heterocycles. The van der Waals surface area contributed by atoms with E-state index >= 15 is 0 Å². The SMILES string of the molecule is O=C(NCc1cccc2ccccc12)NCC1CC(=O)N(c2ccc(F)cc2)C1. The quantitative estimate of drug-likeness (QED) is 0.694. The molecule has 3 aromatic carbocycles. The Kier molecular flexibility index (Phi) is 5.42. The molecule has 1 saturated heterocycles. The van der Waals surface area contributed by atoms with Gasteiger partial charge in [0.25, 0.3) is 0 Å². The summed E-state index contributed by atoms with van der Waals surface area (Å²) in [7, 11) is 0. The maximum absolute atomic E-state index is 13.1. The second-order valence-electron chi connectivity index (χ2n) is 7.25. The summed E-state index contributed by atoms with van der Waals surface area (Å²) in [6, 6.07) is 19.7. The van der Waals surface area contributed by atoms with Gasteiger partial charge in [-0.05, 0) is 40.6 Å². The first-order valence-electron chi connectivity index (χ1n) is 9.64. The van der Waals surface area contributed by atoms with Crippen molar-refractivity contribution < 1.29 is 14.0 Å². The molecule has 1 fully saturated rings. The van der Waals surface area contributed by atoms with Crippen LogP contribution in [-0.2, 0) is 11.3 Å². The molecule has 0 aliphatic carbocycles. The average Bonchev–Trinajstić information content (AvgIpc) is 3.12. The average molecular weight is 391 g/mol. The molecule has 3 aromatic rings. The lowest BCUT2D eigenvalue weighted by molar-refractivity contribution is -0.117. The zero-order chi connectivity index (χ0) is 20.2. The van der Waals surface area contributed by atoms with Crippen LogP contribution >= 0.6 is 0 Å². The van der Waals surface area contributed by atoms with Gasteiger partial charge in [-0.15, -0.1) is 0 Å². The minimum absolute atomic E-state index is 0.0143. The number of nitrogens with one attached hydrogen (secondary N) is 2. The molecule has 148 valence electrons. The fraction of sp³-hybridized carbons (Fsp3) is 0.217. The lowest BCUT2D eigenvalue weighted by Crippen LogP contribution is -2.38. The predicted molar refractivity (Wildman–Crippen MR) is 111 cm³/mol. The van der Waals surface area contributed by atoms with E-state index in [-0.39, 0.29) is 23.7 Å². The van der Waals surface area contributed by atoms with Crippen molar-refractivity contribution in [3.63, 3.8) is 0 Å². The van der Waals surface area contributed by atoms with E-state index in [1.165, 1.54) is 12.1 Å². The molecule has 1 heterocycles. The van der Waals surface area contributed by atoms with E-state index in [4.69, 9.17) is 0 Å². The third kappa shape index (κ3) is 4.37. The Morgan fingerprint density at radius 3 is 2.59 bits per heavy atom. The Morgan fingerprint density at radius 1 is 1.00 bits per heavy atom. The lowest BCUT2D eigenvalue weighted by Gasteiger charge is -2.17. The lowest BCUT2D eigenvalue weighted by atomic mass is 10.0. The molecule has 0 spiro atoms. The van der Waals surface area contributed by atoms with Crippen molar-refractivity contribution in [1.29, 1.82) is 0 Å². The molecule has 29 heavy (non-hydrogen) atoms. The van der Waals surface area contributed by atoms with Crippen LogP contribution in [0.4, 0.5) is 14.9 Å². The van der Waals surface area contributed by atoms with Crippen molar-refractivity contribution in [3.8, 4) is 0 Å². The highest BCUT2D eigenvalue weighted by Crippen LogP contribution is 2.25. The Hall–Kier alpha value is -3.41. The summed E-state index contributed by atoms with van der Waals surface area (Å²) in [5, 5.41) is 7.99. The summed E-state index contributed by atoms with van der Waals surface area (Å²) in [6.07, 6.45) is 0.362. The van der Waals surface area contributed by atoms with Crippen molar-refractivity contribution in [2.75, 3.05) is 18.0 Å². The number of carbonyl (C=O) groups excluding carboxylic acids is 2. The maximum Gasteiger partial charge on any atom is 0.315 e. The first-order chi connectivity index (χ1) is 14.1. The molecule has 0 saturated carbocycles. The predicted octanol–water partition coefficient (Wildman–Crippen LogP) is 3.83. The van der Waals surface area contributed by atoms with Gasteiger partial charge in [0.05, 0.1) is 0 Å². The number of carbonyl (C=O) groups is 2. The fourth-order valence-corrected chi connectivity index (χ4v) is 3.71. The number of nitrogens with zero attached hydrogens (tertiary/aromatic N) is 1. The Balaban J connectivity index is 1.29. The van der Waals surface area contributed by atoms with E-state index in [2.05, 4.69) is 10.6 Å². The zero-order valence-corrected chi connectivity index (χ0v) is 15.9. The molecule has 1 atom stereocenters.